The van der Waals surface area contributed by atoms with E-state index in [1.807, 2.05) is 56.3 Å². The number of hydrogen-bond donors (Lipinski definition) is 1. The van der Waals surface area contributed by atoms with Crippen LogP contribution in [0, 0.1) is 6.92 Å². The number of hydrogen-bond acceptors (Lipinski definition) is 5. The lowest BCUT2D eigenvalue weighted by atomic mass is 9.96. The van der Waals surface area contributed by atoms with Gasteiger partial charge in [-0.1, -0.05) is 31.2 Å². The van der Waals surface area contributed by atoms with Crippen molar-refractivity contribution in [3.05, 3.63) is 77.9 Å². The van der Waals surface area contributed by atoms with E-state index in [1.54, 1.807) is 26.3 Å². The van der Waals surface area contributed by atoms with Gasteiger partial charge in [0.05, 0.1) is 12.0 Å². The molecule has 0 aliphatic rings. The number of anilines is 1. The second-order valence-corrected chi connectivity index (χ2v) is 9.44. The summed E-state index contributed by atoms with van der Waals surface area (Å²) in [6.45, 7) is 3.94. The lowest BCUT2D eigenvalue weighted by Crippen LogP contribution is -2.27. The maximum Gasteiger partial charge on any atom is 0.238 e. The number of nitrogens with two attached hydrogens (primary N) is 1. The first kappa shape index (κ1) is 24.3. The number of methoxy groups -OCH3 is 1. The van der Waals surface area contributed by atoms with Crippen molar-refractivity contribution < 1.29 is 22.7 Å². The molecular weight excluding hydrogens is 440 g/mol. The topological polar surface area (TPSA) is 98.9 Å². The number of amides is 1. The van der Waals surface area contributed by atoms with E-state index in [1.165, 1.54) is 17.0 Å². The Bertz CT molecular complexity index is 1240. The molecule has 8 heteroatoms. The van der Waals surface area contributed by atoms with Gasteiger partial charge in [0.2, 0.25) is 15.9 Å². The Morgan fingerprint density at radius 3 is 2.27 bits per heavy atom. The second-order valence-electron chi connectivity index (χ2n) is 7.87. The molecule has 2 N–H and O–H groups in total. The zero-order valence-corrected chi connectivity index (χ0v) is 19.9. The highest BCUT2D eigenvalue weighted by Crippen LogP contribution is 2.36. The summed E-state index contributed by atoms with van der Waals surface area (Å²) in [5.41, 5.74) is 2.52. The summed E-state index contributed by atoms with van der Waals surface area (Å²) in [7, 11) is -0.541. The van der Waals surface area contributed by atoms with Crippen molar-refractivity contribution >= 4 is 21.6 Å². The largest absolute Gasteiger partial charge is 0.493 e. The van der Waals surface area contributed by atoms with E-state index in [0.717, 1.165) is 16.9 Å². The summed E-state index contributed by atoms with van der Waals surface area (Å²) in [4.78, 5) is 14.4. The van der Waals surface area contributed by atoms with Gasteiger partial charge in [-0.2, -0.15) is 0 Å². The second kappa shape index (κ2) is 10.1. The lowest BCUT2D eigenvalue weighted by Gasteiger charge is -2.21. The number of benzene rings is 3. The van der Waals surface area contributed by atoms with E-state index in [9.17, 15) is 13.2 Å². The Morgan fingerprint density at radius 2 is 1.67 bits per heavy atom. The summed E-state index contributed by atoms with van der Waals surface area (Å²) in [6.07, 6.45) is 0.254. The van der Waals surface area contributed by atoms with Crippen molar-refractivity contribution in [1.29, 1.82) is 0 Å². The molecule has 1 unspecified atom stereocenters. The highest BCUT2D eigenvalue weighted by atomic mass is 32.2. The monoisotopic (exact) mass is 468 g/mol. The molecule has 33 heavy (non-hydrogen) atoms. The van der Waals surface area contributed by atoms with Crippen LogP contribution in [-0.2, 0) is 14.8 Å². The van der Waals surface area contributed by atoms with Crippen LogP contribution in [0.15, 0.2) is 71.6 Å². The summed E-state index contributed by atoms with van der Waals surface area (Å²) in [5, 5.41) is 5.14. The van der Waals surface area contributed by atoms with Gasteiger partial charge in [-0.25, -0.2) is 13.6 Å². The predicted molar refractivity (Wildman–Crippen MR) is 129 cm³/mol. The summed E-state index contributed by atoms with van der Waals surface area (Å²) >= 11 is 0. The molecule has 0 aromatic heterocycles. The Balaban J connectivity index is 1.75. The van der Waals surface area contributed by atoms with Crippen LogP contribution in [0.3, 0.4) is 0 Å². The molecule has 0 aliphatic carbocycles. The van der Waals surface area contributed by atoms with Crippen LogP contribution in [0.4, 0.5) is 5.69 Å². The molecule has 0 fully saturated rings. The number of ether oxygens (including phenoxy) is 2. The van der Waals surface area contributed by atoms with Gasteiger partial charge in [0.1, 0.15) is 5.75 Å². The molecule has 0 bridgehead atoms. The van der Waals surface area contributed by atoms with Gasteiger partial charge in [-0.05, 0) is 66.4 Å². The fourth-order valence-electron chi connectivity index (χ4n) is 3.39. The minimum Gasteiger partial charge on any atom is -0.493 e. The van der Waals surface area contributed by atoms with E-state index in [2.05, 4.69) is 0 Å². The van der Waals surface area contributed by atoms with E-state index in [-0.39, 0.29) is 23.1 Å². The van der Waals surface area contributed by atoms with Crippen molar-refractivity contribution in [2.45, 2.75) is 31.1 Å². The Morgan fingerprint density at radius 1 is 1.00 bits per heavy atom. The molecule has 0 aliphatic heterocycles. The average molecular weight is 469 g/mol. The number of primary sulfonamides is 1. The third kappa shape index (κ3) is 5.91. The zero-order chi connectivity index (χ0) is 24.2. The van der Waals surface area contributed by atoms with Crippen LogP contribution in [0.1, 0.15) is 30.4 Å². The molecule has 174 valence electrons. The normalized spacial score (nSPS) is 12.2. The van der Waals surface area contributed by atoms with E-state index in [0.29, 0.717) is 17.2 Å². The number of carbonyl (C=O) groups excluding carboxylic acids is 1. The summed E-state index contributed by atoms with van der Waals surface area (Å²) < 4.78 is 34.4. The third-order valence-electron chi connectivity index (χ3n) is 5.48. The molecule has 3 aromatic rings. The van der Waals surface area contributed by atoms with Crippen molar-refractivity contribution in [2.24, 2.45) is 5.14 Å². The Kier molecular flexibility index (Phi) is 7.40. The van der Waals surface area contributed by atoms with Gasteiger partial charge < -0.3 is 14.4 Å². The van der Waals surface area contributed by atoms with Gasteiger partial charge in [-0.3, -0.25) is 4.79 Å². The van der Waals surface area contributed by atoms with Crippen molar-refractivity contribution in [3.63, 3.8) is 0 Å². The van der Waals surface area contributed by atoms with Gasteiger partial charge in [0.25, 0.3) is 0 Å². The molecule has 3 aromatic carbocycles. The Labute approximate surface area is 194 Å². The first-order valence-corrected chi connectivity index (χ1v) is 12.0. The van der Waals surface area contributed by atoms with Crippen LogP contribution < -0.4 is 19.5 Å². The summed E-state index contributed by atoms with van der Waals surface area (Å²) in [6, 6.07) is 19.3. The molecule has 0 spiro atoms. The molecule has 1 atom stereocenters. The van der Waals surface area contributed by atoms with E-state index >= 15 is 0 Å². The molecule has 3 rings (SSSR count). The summed E-state index contributed by atoms with van der Waals surface area (Å²) in [5.74, 6) is 1.72. The minimum atomic E-state index is -3.78. The number of carbonyl (C=O) groups is 1. The maximum absolute atomic E-state index is 12.9. The molecule has 0 heterocycles. The smallest absolute Gasteiger partial charge is 0.238 e. The van der Waals surface area contributed by atoms with E-state index < -0.39 is 10.0 Å². The first-order valence-electron chi connectivity index (χ1n) is 10.4. The van der Waals surface area contributed by atoms with Crippen LogP contribution in [-0.4, -0.2) is 28.5 Å². The van der Waals surface area contributed by atoms with Gasteiger partial charge >= 0.3 is 0 Å². The number of aryl methyl sites for hydroxylation is 1. The van der Waals surface area contributed by atoms with Crippen molar-refractivity contribution in [2.75, 3.05) is 19.1 Å². The lowest BCUT2D eigenvalue weighted by molar-refractivity contribution is -0.118. The number of nitrogens with zero attached hydrogens (tertiary/aromatic N) is 1. The minimum absolute atomic E-state index is 0.000109. The standard InChI is InChI=1S/C25H28N2O5S/c1-17-7-5-6-8-22(17)32-24-16-19(9-14-23(24)31-4)18(2)15-25(28)27(3)20-10-12-21(13-11-20)33(26,29)30/h5-14,16,18H,15H2,1-4H3,(H2,26,29,30). The Hall–Kier alpha value is -3.36. The van der Waals surface area contributed by atoms with Crippen molar-refractivity contribution in [3.8, 4) is 17.2 Å². The molecule has 7 nitrogen and oxygen atoms in total. The van der Waals surface area contributed by atoms with Crippen LogP contribution >= 0.6 is 0 Å². The van der Waals surface area contributed by atoms with E-state index in [4.69, 9.17) is 14.6 Å². The molecule has 0 radical (unpaired) electrons. The quantitative estimate of drug-likeness (QED) is 0.521. The predicted octanol–water partition coefficient (Wildman–Crippen LogP) is 4.60. The number of para-hydroxylation sites is 1. The SMILES string of the molecule is COc1ccc(C(C)CC(=O)N(C)c2ccc(S(N)(=O)=O)cc2)cc1Oc1ccccc1C. The van der Waals surface area contributed by atoms with Gasteiger partial charge in [0, 0.05) is 19.2 Å². The molecular formula is C25H28N2O5S. The highest BCUT2D eigenvalue weighted by Gasteiger charge is 2.19. The zero-order valence-electron chi connectivity index (χ0n) is 19.1. The fraction of sp³-hybridized carbons (Fsp3) is 0.240. The highest BCUT2D eigenvalue weighted by molar-refractivity contribution is 7.89. The maximum atomic E-state index is 12.9. The van der Waals surface area contributed by atoms with Crippen molar-refractivity contribution in [1.82, 2.24) is 0 Å². The average Bonchev–Trinajstić information content (AvgIpc) is 2.79. The van der Waals surface area contributed by atoms with Crippen LogP contribution in [0.25, 0.3) is 0 Å². The van der Waals surface area contributed by atoms with Crippen LogP contribution in [0.2, 0.25) is 0 Å². The molecule has 0 saturated heterocycles. The number of rotatable bonds is 8. The van der Waals surface area contributed by atoms with Crippen LogP contribution in [0.5, 0.6) is 17.2 Å². The van der Waals surface area contributed by atoms with Gasteiger partial charge in [0.15, 0.2) is 11.5 Å². The molecule has 1 amide bonds. The number of sulfonamides is 1. The molecule has 0 saturated carbocycles. The van der Waals surface area contributed by atoms with Gasteiger partial charge in [-0.15, -0.1) is 0 Å². The fourth-order valence-corrected chi connectivity index (χ4v) is 3.90. The first-order chi connectivity index (χ1) is 15.6. The third-order valence-corrected chi connectivity index (χ3v) is 6.41.